The third kappa shape index (κ3) is 1.13. The molecule has 0 amide bonds. The van der Waals surface area contributed by atoms with Crippen LogP contribution in [0.4, 0.5) is 0 Å². The number of aryl methyl sites for hydroxylation is 3. The number of aromatic amines is 1. The fourth-order valence-electron chi connectivity index (χ4n) is 1.81. The Hall–Kier alpha value is -1.31. The van der Waals surface area contributed by atoms with Gasteiger partial charge in [-0.25, -0.2) is 0 Å². The van der Waals surface area contributed by atoms with Crippen molar-refractivity contribution in [3.63, 3.8) is 0 Å². The van der Waals surface area contributed by atoms with Crippen LogP contribution in [0.2, 0.25) is 0 Å². The van der Waals surface area contributed by atoms with Gasteiger partial charge in [0.15, 0.2) is 0 Å². The number of rotatable bonds is 1. The van der Waals surface area contributed by atoms with Gasteiger partial charge in [-0.15, -0.1) is 0 Å². The first kappa shape index (κ1) is 8.30. The van der Waals surface area contributed by atoms with Crippen LogP contribution in [0.3, 0.4) is 0 Å². The molecule has 0 saturated heterocycles. The van der Waals surface area contributed by atoms with Gasteiger partial charge in [-0.3, -0.25) is 5.10 Å². The zero-order valence-corrected chi connectivity index (χ0v) is 8.31. The summed E-state index contributed by atoms with van der Waals surface area (Å²) < 4.78 is 0. The van der Waals surface area contributed by atoms with E-state index in [-0.39, 0.29) is 0 Å². The monoisotopic (exact) mass is 174 g/mol. The molecule has 0 aliphatic rings. The maximum Gasteiger partial charge on any atom is 0.0958 e. The summed E-state index contributed by atoms with van der Waals surface area (Å²) in [5.41, 5.74) is 4.99. The van der Waals surface area contributed by atoms with Gasteiger partial charge in [0.05, 0.1) is 5.52 Å². The van der Waals surface area contributed by atoms with E-state index >= 15 is 0 Å². The Balaban J connectivity index is 2.85. The fraction of sp³-hybridized carbons (Fsp3) is 0.364. The van der Waals surface area contributed by atoms with Crippen LogP contribution in [0.1, 0.15) is 23.7 Å². The Morgan fingerprint density at radius 2 is 2.08 bits per heavy atom. The van der Waals surface area contributed by atoms with Gasteiger partial charge >= 0.3 is 0 Å². The average Bonchev–Trinajstić information content (AvgIpc) is 2.48. The van der Waals surface area contributed by atoms with Crippen molar-refractivity contribution < 1.29 is 0 Å². The standard InChI is InChI=1S/C11H14N2/c1-4-9-7(2)5-6-10-8(3)12-13-11(9)10/h5-6H,4H2,1-3H3,(H,12,13). The van der Waals surface area contributed by atoms with Crippen molar-refractivity contribution in [3.8, 4) is 0 Å². The molecule has 0 atom stereocenters. The van der Waals surface area contributed by atoms with Gasteiger partial charge < -0.3 is 0 Å². The molecule has 13 heavy (non-hydrogen) atoms. The van der Waals surface area contributed by atoms with Crippen molar-refractivity contribution >= 4 is 10.9 Å². The normalized spacial score (nSPS) is 11.0. The minimum absolute atomic E-state index is 1.05. The van der Waals surface area contributed by atoms with Crippen LogP contribution in [0.5, 0.6) is 0 Å². The first-order valence-corrected chi connectivity index (χ1v) is 4.67. The zero-order chi connectivity index (χ0) is 9.42. The Morgan fingerprint density at radius 3 is 2.77 bits per heavy atom. The third-order valence-electron chi connectivity index (χ3n) is 2.61. The quantitative estimate of drug-likeness (QED) is 0.707. The summed E-state index contributed by atoms with van der Waals surface area (Å²) in [6.07, 6.45) is 1.05. The van der Waals surface area contributed by atoms with Gasteiger partial charge in [0, 0.05) is 11.1 Å². The minimum atomic E-state index is 1.05. The molecule has 0 aliphatic carbocycles. The lowest BCUT2D eigenvalue weighted by molar-refractivity contribution is 1.05. The molecular formula is C11H14N2. The lowest BCUT2D eigenvalue weighted by atomic mass is 10.0. The van der Waals surface area contributed by atoms with Crippen LogP contribution in [-0.2, 0) is 6.42 Å². The number of hydrogen-bond acceptors (Lipinski definition) is 1. The zero-order valence-electron chi connectivity index (χ0n) is 8.31. The van der Waals surface area contributed by atoms with E-state index in [4.69, 9.17) is 0 Å². The van der Waals surface area contributed by atoms with E-state index in [9.17, 15) is 0 Å². The number of hydrogen-bond donors (Lipinski definition) is 1. The predicted molar refractivity (Wildman–Crippen MR) is 54.9 cm³/mol. The molecule has 2 heteroatoms. The molecule has 0 radical (unpaired) electrons. The van der Waals surface area contributed by atoms with E-state index in [0.29, 0.717) is 0 Å². The van der Waals surface area contributed by atoms with Gasteiger partial charge in [-0.2, -0.15) is 5.10 Å². The van der Waals surface area contributed by atoms with E-state index in [2.05, 4.69) is 43.1 Å². The molecule has 1 heterocycles. The SMILES string of the molecule is CCc1c(C)ccc2c(C)[nH]nc12. The summed E-state index contributed by atoms with van der Waals surface area (Å²) in [6, 6.07) is 4.31. The van der Waals surface area contributed by atoms with Crippen LogP contribution in [0.25, 0.3) is 10.9 Å². The van der Waals surface area contributed by atoms with Crippen LogP contribution in [-0.4, -0.2) is 10.2 Å². The highest BCUT2D eigenvalue weighted by molar-refractivity contribution is 5.85. The maximum absolute atomic E-state index is 4.32. The van der Waals surface area contributed by atoms with E-state index < -0.39 is 0 Å². The summed E-state index contributed by atoms with van der Waals surface area (Å²) in [6.45, 7) is 6.37. The average molecular weight is 174 g/mol. The van der Waals surface area contributed by atoms with Gasteiger partial charge in [-0.05, 0) is 31.4 Å². The molecule has 0 fully saturated rings. The number of fused-ring (bicyclic) bond motifs is 1. The number of H-pyrrole nitrogens is 1. The second-order valence-corrected chi connectivity index (χ2v) is 3.46. The molecule has 2 rings (SSSR count). The largest absolute Gasteiger partial charge is 0.282 e. The Kier molecular flexibility index (Phi) is 1.83. The number of nitrogens with zero attached hydrogens (tertiary/aromatic N) is 1. The minimum Gasteiger partial charge on any atom is -0.282 e. The van der Waals surface area contributed by atoms with E-state index in [1.54, 1.807) is 0 Å². The van der Waals surface area contributed by atoms with Gasteiger partial charge in [0.1, 0.15) is 0 Å². The summed E-state index contributed by atoms with van der Waals surface area (Å²) in [7, 11) is 0. The van der Waals surface area contributed by atoms with E-state index in [1.807, 2.05) is 0 Å². The number of benzene rings is 1. The molecule has 0 unspecified atom stereocenters. The molecule has 2 aromatic rings. The van der Waals surface area contributed by atoms with Gasteiger partial charge in [0.2, 0.25) is 0 Å². The van der Waals surface area contributed by atoms with E-state index in [1.165, 1.54) is 16.5 Å². The molecule has 0 aliphatic heterocycles. The summed E-state index contributed by atoms with van der Waals surface area (Å²) in [4.78, 5) is 0. The van der Waals surface area contributed by atoms with Crippen molar-refractivity contribution in [3.05, 3.63) is 29.0 Å². The molecule has 68 valence electrons. The van der Waals surface area contributed by atoms with Crippen molar-refractivity contribution in [2.75, 3.05) is 0 Å². The highest BCUT2D eigenvalue weighted by Gasteiger charge is 2.06. The second kappa shape index (κ2) is 2.87. The van der Waals surface area contributed by atoms with Crippen LogP contribution >= 0.6 is 0 Å². The summed E-state index contributed by atoms with van der Waals surface area (Å²) in [5.74, 6) is 0. The highest BCUT2D eigenvalue weighted by atomic mass is 15.1. The van der Waals surface area contributed by atoms with Crippen LogP contribution in [0, 0.1) is 13.8 Å². The molecular weight excluding hydrogens is 160 g/mol. The molecule has 0 bridgehead atoms. The lowest BCUT2D eigenvalue weighted by Gasteiger charge is -2.02. The maximum atomic E-state index is 4.32. The second-order valence-electron chi connectivity index (χ2n) is 3.46. The third-order valence-corrected chi connectivity index (χ3v) is 2.61. The summed E-state index contributed by atoms with van der Waals surface area (Å²) in [5, 5.41) is 8.61. The molecule has 1 aromatic heterocycles. The molecule has 1 aromatic carbocycles. The highest BCUT2D eigenvalue weighted by Crippen LogP contribution is 2.22. The number of nitrogens with one attached hydrogen (secondary N) is 1. The Bertz CT molecular complexity index is 441. The lowest BCUT2D eigenvalue weighted by Crippen LogP contribution is -1.87. The van der Waals surface area contributed by atoms with Crippen molar-refractivity contribution in [2.24, 2.45) is 0 Å². The predicted octanol–water partition coefficient (Wildman–Crippen LogP) is 2.74. The van der Waals surface area contributed by atoms with Crippen molar-refractivity contribution in [2.45, 2.75) is 27.2 Å². The fourth-order valence-corrected chi connectivity index (χ4v) is 1.81. The molecule has 1 N–H and O–H groups in total. The topological polar surface area (TPSA) is 28.7 Å². The first-order chi connectivity index (χ1) is 6.24. The van der Waals surface area contributed by atoms with Crippen LogP contribution in [0.15, 0.2) is 12.1 Å². The number of aromatic nitrogens is 2. The molecule has 2 nitrogen and oxygen atoms in total. The van der Waals surface area contributed by atoms with Crippen molar-refractivity contribution in [1.82, 2.24) is 10.2 Å². The Morgan fingerprint density at radius 1 is 1.31 bits per heavy atom. The smallest absolute Gasteiger partial charge is 0.0958 e. The van der Waals surface area contributed by atoms with Crippen LogP contribution < -0.4 is 0 Å². The summed E-state index contributed by atoms with van der Waals surface area (Å²) >= 11 is 0. The molecule has 0 saturated carbocycles. The van der Waals surface area contributed by atoms with Gasteiger partial charge in [0.25, 0.3) is 0 Å². The van der Waals surface area contributed by atoms with Gasteiger partial charge in [-0.1, -0.05) is 19.1 Å². The Labute approximate surface area is 78.0 Å². The molecule has 0 spiro atoms. The first-order valence-electron chi connectivity index (χ1n) is 4.67. The van der Waals surface area contributed by atoms with E-state index in [0.717, 1.165) is 17.6 Å². The van der Waals surface area contributed by atoms with Crippen molar-refractivity contribution in [1.29, 1.82) is 0 Å².